The molecular formula is C32H50O5. The molecule has 8 atom stereocenters. The normalized spacial score (nSPS) is 47.8. The first-order chi connectivity index (χ1) is 17.1. The van der Waals surface area contributed by atoms with Gasteiger partial charge in [-0.1, -0.05) is 53.2 Å². The number of rotatable bonds is 3. The summed E-state index contributed by atoms with van der Waals surface area (Å²) in [6, 6.07) is 0. The minimum Gasteiger partial charge on any atom is -0.481 e. The van der Waals surface area contributed by atoms with E-state index in [4.69, 9.17) is 4.74 Å². The SMILES string of the molecule is CC(=O)O[C@@H]1CC[C@@]2(CO)C(CC[C@]3(C)[C@@H]2CC=C2[C@H]4CC(C)(C)CC[C@]4(C(=O)O)CC[C@]23C)C1(C)C. The van der Waals surface area contributed by atoms with Crippen molar-refractivity contribution in [2.75, 3.05) is 6.61 Å². The molecule has 37 heavy (non-hydrogen) atoms. The molecule has 0 radical (unpaired) electrons. The average molecular weight is 515 g/mol. The highest BCUT2D eigenvalue weighted by Gasteiger charge is 2.70. The zero-order chi connectivity index (χ0) is 27.2. The maximum Gasteiger partial charge on any atom is 0.310 e. The molecule has 4 fully saturated rings. The summed E-state index contributed by atoms with van der Waals surface area (Å²) in [6.45, 7) is 15.7. The van der Waals surface area contributed by atoms with Gasteiger partial charge in [-0.05, 0) is 98.2 Å². The van der Waals surface area contributed by atoms with Gasteiger partial charge in [0.1, 0.15) is 6.10 Å². The van der Waals surface area contributed by atoms with Gasteiger partial charge in [-0.25, -0.2) is 0 Å². The predicted octanol–water partition coefficient (Wildman–Crippen LogP) is 6.78. The molecule has 0 heterocycles. The summed E-state index contributed by atoms with van der Waals surface area (Å²) in [7, 11) is 0. The van der Waals surface area contributed by atoms with Crippen LogP contribution in [0.2, 0.25) is 0 Å². The molecule has 0 aromatic carbocycles. The topological polar surface area (TPSA) is 83.8 Å². The molecule has 0 saturated heterocycles. The van der Waals surface area contributed by atoms with Gasteiger partial charge in [0.2, 0.25) is 0 Å². The number of carbonyl (C=O) groups excluding carboxylic acids is 1. The monoisotopic (exact) mass is 514 g/mol. The molecule has 5 heteroatoms. The number of allylic oxidation sites excluding steroid dienone is 2. The van der Waals surface area contributed by atoms with Gasteiger partial charge < -0.3 is 14.9 Å². The minimum absolute atomic E-state index is 0.00686. The van der Waals surface area contributed by atoms with Crippen molar-refractivity contribution in [2.45, 2.75) is 119 Å². The number of carbonyl (C=O) groups is 2. The number of ether oxygens (including phenoxy) is 1. The first kappa shape index (κ1) is 27.2. The van der Waals surface area contributed by atoms with Gasteiger partial charge in [-0.15, -0.1) is 0 Å². The van der Waals surface area contributed by atoms with Crippen molar-refractivity contribution in [3.05, 3.63) is 11.6 Å². The number of hydrogen-bond donors (Lipinski definition) is 2. The lowest BCUT2D eigenvalue weighted by molar-refractivity contribution is -0.228. The summed E-state index contributed by atoms with van der Waals surface area (Å²) in [5, 5.41) is 21.7. The van der Waals surface area contributed by atoms with Gasteiger partial charge in [0.25, 0.3) is 0 Å². The number of hydrogen-bond acceptors (Lipinski definition) is 4. The molecule has 0 aliphatic heterocycles. The molecule has 0 aromatic rings. The maximum atomic E-state index is 12.8. The van der Waals surface area contributed by atoms with E-state index in [1.807, 2.05) is 0 Å². The van der Waals surface area contributed by atoms with Gasteiger partial charge in [-0.2, -0.15) is 0 Å². The van der Waals surface area contributed by atoms with Crippen LogP contribution in [0.5, 0.6) is 0 Å². The highest BCUT2D eigenvalue weighted by Crippen LogP contribution is 2.75. The molecule has 5 nitrogen and oxygen atoms in total. The fourth-order valence-corrected chi connectivity index (χ4v) is 11.0. The largest absolute Gasteiger partial charge is 0.481 e. The summed E-state index contributed by atoms with van der Waals surface area (Å²) >= 11 is 0. The zero-order valence-electron chi connectivity index (χ0n) is 24.3. The number of carboxylic acid groups (broad SMARTS) is 1. The molecule has 1 unspecified atom stereocenters. The maximum absolute atomic E-state index is 12.8. The van der Waals surface area contributed by atoms with Crippen LogP contribution < -0.4 is 0 Å². The van der Waals surface area contributed by atoms with Crippen LogP contribution in [0.15, 0.2) is 11.6 Å². The lowest BCUT2D eigenvalue weighted by Gasteiger charge is -2.71. The van der Waals surface area contributed by atoms with Crippen molar-refractivity contribution in [3.63, 3.8) is 0 Å². The van der Waals surface area contributed by atoms with E-state index >= 15 is 0 Å². The van der Waals surface area contributed by atoms with Crippen LogP contribution in [0.25, 0.3) is 0 Å². The van der Waals surface area contributed by atoms with E-state index in [1.165, 1.54) is 12.5 Å². The van der Waals surface area contributed by atoms with Crippen LogP contribution >= 0.6 is 0 Å². The molecule has 2 N–H and O–H groups in total. The van der Waals surface area contributed by atoms with Crippen LogP contribution in [-0.4, -0.2) is 34.9 Å². The highest BCUT2D eigenvalue weighted by atomic mass is 16.5. The highest BCUT2D eigenvalue weighted by molar-refractivity contribution is 5.76. The van der Waals surface area contributed by atoms with E-state index in [-0.39, 0.29) is 57.6 Å². The minimum atomic E-state index is -0.625. The van der Waals surface area contributed by atoms with Crippen LogP contribution in [0.1, 0.15) is 113 Å². The summed E-state index contributed by atoms with van der Waals surface area (Å²) in [4.78, 5) is 24.7. The molecule has 4 saturated carbocycles. The number of aliphatic hydroxyl groups excluding tert-OH is 1. The molecular weight excluding hydrogens is 464 g/mol. The smallest absolute Gasteiger partial charge is 0.310 e. The summed E-state index contributed by atoms with van der Waals surface area (Å²) in [5.41, 5.74) is 0.503. The van der Waals surface area contributed by atoms with Crippen LogP contribution in [0.4, 0.5) is 0 Å². The summed E-state index contributed by atoms with van der Waals surface area (Å²) < 4.78 is 5.84. The van der Waals surface area contributed by atoms with Crippen molar-refractivity contribution >= 4 is 11.9 Å². The first-order valence-corrected chi connectivity index (χ1v) is 14.8. The van der Waals surface area contributed by atoms with Crippen molar-refractivity contribution in [1.82, 2.24) is 0 Å². The van der Waals surface area contributed by atoms with Crippen LogP contribution in [-0.2, 0) is 14.3 Å². The third-order valence-electron chi connectivity index (χ3n) is 13.3. The van der Waals surface area contributed by atoms with Gasteiger partial charge >= 0.3 is 11.9 Å². The third-order valence-corrected chi connectivity index (χ3v) is 13.3. The number of carboxylic acids is 1. The zero-order valence-corrected chi connectivity index (χ0v) is 24.3. The van der Waals surface area contributed by atoms with Crippen LogP contribution in [0, 0.1) is 50.2 Å². The Hall–Kier alpha value is -1.36. The van der Waals surface area contributed by atoms with E-state index in [1.54, 1.807) is 0 Å². The van der Waals surface area contributed by atoms with Crippen LogP contribution in [0.3, 0.4) is 0 Å². The van der Waals surface area contributed by atoms with Crippen molar-refractivity contribution in [3.8, 4) is 0 Å². The Morgan fingerprint density at radius 1 is 0.946 bits per heavy atom. The van der Waals surface area contributed by atoms with E-state index in [2.05, 4.69) is 47.6 Å². The molecule has 0 amide bonds. The van der Waals surface area contributed by atoms with Gasteiger partial charge in [-0.3, -0.25) is 9.59 Å². The second kappa shape index (κ2) is 8.32. The van der Waals surface area contributed by atoms with Gasteiger partial charge in [0.05, 0.1) is 5.41 Å². The van der Waals surface area contributed by atoms with E-state index in [9.17, 15) is 19.8 Å². The molecule has 0 aromatic heterocycles. The fourth-order valence-electron chi connectivity index (χ4n) is 11.0. The Bertz CT molecular complexity index is 1010. The quantitative estimate of drug-likeness (QED) is 0.320. The Labute approximate surface area is 223 Å². The van der Waals surface area contributed by atoms with Crippen molar-refractivity contribution in [1.29, 1.82) is 0 Å². The molecule has 5 aliphatic carbocycles. The number of fused-ring (bicyclic) bond motifs is 7. The Morgan fingerprint density at radius 2 is 1.62 bits per heavy atom. The summed E-state index contributed by atoms with van der Waals surface area (Å²) in [5.74, 6) is -0.0833. The number of aliphatic hydroxyl groups is 1. The fraction of sp³-hybridized carbons (Fsp3) is 0.875. The first-order valence-electron chi connectivity index (χ1n) is 14.8. The Kier molecular flexibility index (Phi) is 6.12. The van der Waals surface area contributed by atoms with Crippen molar-refractivity contribution < 1.29 is 24.5 Å². The average Bonchev–Trinajstić information content (AvgIpc) is 2.80. The molecule has 208 valence electrons. The van der Waals surface area contributed by atoms with E-state index < -0.39 is 11.4 Å². The lowest BCUT2D eigenvalue weighted by Crippen LogP contribution is -2.66. The lowest BCUT2D eigenvalue weighted by atomic mass is 9.33. The second-order valence-electron chi connectivity index (χ2n) is 15.5. The molecule has 5 aliphatic rings. The standard InChI is InChI=1S/C32H50O5/c1-20(34)37-25-11-13-32(19-33)23(28(25,4)5)10-12-30(7)24(32)9-8-21-22-18-27(2,3)14-16-31(22,26(35)36)17-15-29(21,30)6/h8,22-25,33H,9-19H2,1-7H3,(H,35,36)/t22-,23?,24+,25-,29-,30-,31+,32-/m1/s1. The van der Waals surface area contributed by atoms with Crippen molar-refractivity contribution in [2.24, 2.45) is 50.2 Å². The molecule has 0 bridgehead atoms. The Balaban J connectivity index is 1.58. The second-order valence-corrected chi connectivity index (χ2v) is 15.5. The number of esters is 1. The third kappa shape index (κ3) is 3.50. The number of aliphatic carboxylic acids is 1. The Morgan fingerprint density at radius 3 is 2.24 bits per heavy atom. The predicted molar refractivity (Wildman–Crippen MR) is 144 cm³/mol. The van der Waals surface area contributed by atoms with Gasteiger partial charge in [0, 0.05) is 24.4 Å². The van der Waals surface area contributed by atoms with E-state index in [0.717, 1.165) is 64.2 Å². The molecule has 0 spiro atoms. The molecule has 5 rings (SSSR count). The summed E-state index contributed by atoms with van der Waals surface area (Å²) in [6.07, 6.45) is 11.4. The van der Waals surface area contributed by atoms with E-state index in [0.29, 0.717) is 5.92 Å². The van der Waals surface area contributed by atoms with Gasteiger partial charge in [0.15, 0.2) is 0 Å².